The Hall–Kier alpha value is -2.58. The van der Waals surface area contributed by atoms with E-state index in [4.69, 9.17) is 9.63 Å². The summed E-state index contributed by atoms with van der Waals surface area (Å²) in [5, 5.41) is 15.1. The second-order valence-electron chi connectivity index (χ2n) is 4.26. The van der Waals surface area contributed by atoms with Gasteiger partial charge in [0.25, 0.3) is 5.91 Å². The van der Waals surface area contributed by atoms with E-state index in [0.717, 1.165) is 5.56 Å². The minimum Gasteiger partial charge on any atom is -0.384 e. The average Bonchev–Trinajstić information content (AvgIpc) is 2.84. The number of nitrogens with one attached hydrogen (secondary N) is 1. The molecule has 1 amide bonds. The molecule has 0 spiro atoms. The first-order valence-electron chi connectivity index (χ1n) is 6.05. The Morgan fingerprint density at radius 1 is 1.45 bits per heavy atom. The van der Waals surface area contributed by atoms with Crippen molar-refractivity contribution in [2.24, 2.45) is 0 Å². The lowest BCUT2D eigenvalue weighted by Crippen LogP contribution is -2.13. The van der Waals surface area contributed by atoms with Gasteiger partial charge in [-0.2, -0.15) is 0 Å². The molecule has 0 saturated heterocycles. The molecule has 0 aliphatic rings. The standard InChI is InChI=1S/C15H14N2O3/c1-10-5-6-12(4-3-7-18)14(8-10)17-15(19)13-9-16-20-11(13)2/h5-6,8-9,18H,7H2,1-2H3,(H,17,19). The van der Waals surface area contributed by atoms with Gasteiger partial charge in [-0.15, -0.1) is 0 Å². The van der Waals surface area contributed by atoms with Crippen LogP contribution in [0, 0.1) is 25.7 Å². The van der Waals surface area contributed by atoms with Crippen molar-refractivity contribution in [1.29, 1.82) is 0 Å². The number of aromatic nitrogens is 1. The summed E-state index contributed by atoms with van der Waals surface area (Å²) in [6.45, 7) is 3.36. The average molecular weight is 270 g/mol. The van der Waals surface area contributed by atoms with Gasteiger partial charge in [0.15, 0.2) is 0 Å². The van der Waals surface area contributed by atoms with Crippen molar-refractivity contribution in [3.8, 4) is 11.8 Å². The smallest absolute Gasteiger partial charge is 0.260 e. The molecular weight excluding hydrogens is 256 g/mol. The molecule has 0 aliphatic heterocycles. The summed E-state index contributed by atoms with van der Waals surface area (Å²) in [4.78, 5) is 12.1. The molecule has 5 heteroatoms. The molecule has 2 aromatic rings. The fourth-order valence-corrected chi connectivity index (χ4v) is 1.71. The second kappa shape index (κ2) is 6.04. The number of carbonyl (C=O) groups is 1. The van der Waals surface area contributed by atoms with Gasteiger partial charge in [-0.25, -0.2) is 0 Å². The number of hydrogen-bond acceptors (Lipinski definition) is 4. The van der Waals surface area contributed by atoms with Crippen molar-refractivity contribution < 1.29 is 14.4 Å². The lowest BCUT2D eigenvalue weighted by atomic mass is 10.1. The van der Waals surface area contributed by atoms with Gasteiger partial charge in [0.2, 0.25) is 0 Å². The Labute approximate surface area is 116 Å². The van der Waals surface area contributed by atoms with Crippen molar-refractivity contribution in [2.45, 2.75) is 13.8 Å². The largest absolute Gasteiger partial charge is 0.384 e. The Morgan fingerprint density at radius 2 is 2.25 bits per heavy atom. The molecule has 1 aromatic heterocycles. The van der Waals surface area contributed by atoms with E-state index in [0.29, 0.717) is 22.6 Å². The van der Waals surface area contributed by atoms with Gasteiger partial charge in [0.05, 0.1) is 11.9 Å². The van der Waals surface area contributed by atoms with Crippen molar-refractivity contribution >= 4 is 11.6 Å². The number of anilines is 1. The summed E-state index contributed by atoms with van der Waals surface area (Å²) < 4.78 is 4.87. The van der Waals surface area contributed by atoms with E-state index in [1.165, 1.54) is 6.20 Å². The molecule has 20 heavy (non-hydrogen) atoms. The van der Waals surface area contributed by atoms with E-state index in [1.807, 2.05) is 19.1 Å². The minimum atomic E-state index is -0.304. The maximum atomic E-state index is 12.1. The van der Waals surface area contributed by atoms with Gasteiger partial charge >= 0.3 is 0 Å². The van der Waals surface area contributed by atoms with Crippen LogP contribution >= 0.6 is 0 Å². The lowest BCUT2D eigenvalue weighted by Gasteiger charge is -2.07. The van der Waals surface area contributed by atoms with Gasteiger partial charge in [0.1, 0.15) is 17.9 Å². The van der Waals surface area contributed by atoms with Crippen LogP contribution in [0.3, 0.4) is 0 Å². The molecular formula is C15H14N2O3. The summed E-state index contributed by atoms with van der Waals surface area (Å²) in [5.41, 5.74) is 2.62. The normalized spacial score (nSPS) is 9.75. The fraction of sp³-hybridized carbons (Fsp3) is 0.200. The van der Waals surface area contributed by atoms with Crippen molar-refractivity contribution in [2.75, 3.05) is 11.9 Å². The summed E-state index contributed by atoms with van der Waals surface area (Å²) in [5.74, 6) is 5.52. The number of aliphatic hydroxyl groups is 1. The molecule has 0 saturated carbocycles. The van der Waals surface area contributed by atoms with Gasteiger partial charge in [-0.05, 0) is 31.5 Å². The van der Waals surface area contributed by atoms with Gasteiger partial charge in [-0.1, -0.05) is 23.1 Å². The number of hydrogen-bond donors (Lipinski definition) is 2. The Morgan fingerprint density at radius 3 is 2.90 bits per heavy atom. The minimum absolute atomic E-state index is 0.230. The molecule has 0 fully saturated rings. The molecule has 1 heterocycles. The zero-order valence-corrected chi connectivity index (χ0v) is 11.2. The van der Waals surface area contributed by atoms with E-state index < -0.39 is 0 Å². The molecule has 0 radical (unpaired) electrons. The number of nitrogens with zero attached hydrogens (tertiary/aromatic N) is 1. The fourth-order valence-electron chi connectivity index (χ4n) is 1.71. The molecule has 5 nitrogen and oxygen atoms in total. The van der Waals surface area contributed by atoms with Crippen LogP contribution in [0.4, 0.5) is 5.69 Å². The van der Waals surface area contributed by atoms with E-state index >= 15 is 0 Å². The van der Waals surface area contributed by atoms with Crippen LogP contribution in [0.1, 0.15) is 27.2 Å². The Kier molecular flexibility index (Phi) is 4.18. The zero-order chi connectivity index (χ0) is 14.5. The number of aryl methyl sites for hydroxylation is 2. The third kappa shape index (κ3) is 3.05. The third-order valence-electron chi connectivity index (χ3n) is 2.72. The molecule has 0 unspecified atom stereocenters. The first-order valence-corrected chi connectivity index (χ1v) is 6.05. The maximum Gasteiger partial charge on any atom is 0.260 e. The van der Waals surface area contributed by atoms with E-state index in [9.17, 15) is 4.79 Å². The SMILES string of the molecule is Cc1ccc(C#CCO)c(NC(=O)c2cnoc2C)c1. The van der Waals surface area contributed by atoms with Crippen LogP contribution in [-0.2, 0) is 0 Å². The van der Waals surface area contributed by atoms with Crippen molar-refractivity contribution in [3.05, 3.63) is 46.8 Å². The summed E-state index contributed by atoms with van der Waals surface area (Å²) in [6, 6.07) is 5.51. The number of benzene rings is 1. The van der Waals surface area contributed by atoms with Gasteiger partial charge in [0, 0.05) is 5.56 Å². The Balaban J connectivity index is 2.31. The van der Waals surface area contributed by atoms with E-state index in [-0.39, 0.29) is 12.5 Å². The van der Waals surface area contributed by atoms with E-state index in [1.54, 1.807) is 13.0 Å². The van der Waals surface area contributed by atoms with Gasteiger partial charge in [-0.3, -0.25) is 4.79 Å². The van der Waals surface area contributed by atoms with Crippen LogP contribution in [-0.4, -0.2) is 22.8 Å². The van der Waals surface area contributed by atoms with Crippen LogP contribution in [0.25, 0.3) is 0 Å². The first-order chi connectivity index (χ1) is 9.61. The molecule has 2 rings (SSSR count). The Bertz CT molecular complexity index is 693. The summed E-state index contributed by atoms with van der Waals surface area (Å²) >= 11 is 0. The van der Waals surface area contributed by atoms with Crippen molar-refractivity contribution in [3.63, 3.8) is 0 Å². The van der Waals surface area contributed by atoms with Crippen LogP contribution < -0.4 is 5.32 Å². The number of carbonyl (C=O) groups excluding carboxylic acids is 1. The molecule has 0 bridgehead atoms. The second-order valence-corrected chi connectivity index (χ2v) is 4.26. The monoisotopic (exact) mass is 270 g/mol. The quantitative estimate of drug-likeness (QED) is 0.817. The lowest BCUT2D eigenvalue weighted by molar-refractivity contribution is 0.102. The first kappa shape index (κ1) is 13.8. The van der Waals surface area contributed by atoms with Gasteiger partial charge < -0.3 is 14.9 Å². The topological polar surface area (TPSA) is 75.4 Å². The third-order valence-corrected chi connectivity index (χ3v) is 2.72. The predicted octanol–water partition coefficient (Wildman–Crippen LogP) is 1.89. The molecule has 102 valence electrons. The highest BCUT2D eigenvalue weighted by molar-refractivity contribution is 6.05. The zero-order valence-electron chi connectivity index (χ0n) is 11.2. The van der Waals surface area contributed by atoms with Crippen LogP contribution in [0.5, 0.6) is 0 Å². The summed E-state index contributed by atoms with van der Waals surface area (Å²) in [6.07, 6.45) is 1.37. The van der Waals surface area contributed by atoms with Crippen LogP contribution in [0.2, 0.25) is 0 Å². The number of aliphatic hydroxyl groups excluding tert-OH is 1. The molecule has 2 N–H and O–H groups in total. The molecule has 0 atom stereocenters. The van der Waals surface area contributed by atoms with Crippen LogP contribution in [0.15, 0.2) is 28.9 Å². The summed E-state index contributed by atoms with van der Waals surface area (Å²) in [7, 11) is 0. The highest BCUT2D eigenvalue weighted by Gasteiger charge is 2.14. The highest BCUT2D eigenvalue weighted by atomic mass is 16.5. The molecule has 1 aromatic carbocycles. The molecule has 0 aliphatic carbocycles. The number of rotatable bonds is 2. The number of amides is 1. The highest BCUT2D eigenvalue weighted by Crippen LogP contribution is 2.18. The predicted molar refractivity (Wildman–Crippen MR) is 74.3 cm³/mol. The van der Waals surface area contributed by atoms with E-state index in [2.05, 4.69) is 22.3 Å². The maximum absolute atomic E-state index is 12.1. The van der Waals surface area contributed by atoms with Crippen molar-refractivity contribution in [1.82, 2.24) is 5.16 Å².